The van der Waals surface area contributed by atoms with Crippen LogP contribution in [0.4, 0.5) is 0 Å². The Morgan fingerprint density at radius 3 is 2.68 bits per heavy atom. The van der Waals surface area contributed by atoms with Gasteiger partial charge in [0.2, 0.25) is 0 Å². The summed E-state index contributed by atoms with van der Waals surface area (Å²) in [6.07, 6.45) is 0.0820. The molecule has 1 atom stereocenters. The molecule has 0 saturated carbocycles. The number of aryl methyl sites for hydroxylation is 1. The van der Waals surface area contributed by atoms with Gasteiger partial charge in [-0.1, -0.05) is 29.8 Å². The molecule has 130 valence electrons. The fourth-order valence-corrected chi connectivity index (χ4v) is 3.06. The summed E-state index contributed by atoms with van der Waals surface area (Å²) < 4.78 is 5.44. The van der Waals surface area contributed by atoms with Crippen LogP contribution in [0.1, 0.15) is 47.4 Å². The number of esters is 1. The molecule has 1 N–H and O–H groups in total. The molecule has 0 unspecified atom stereocenters. The molecule has 0 radical (unpaired) electrons. The zero-order chi connectivity index (χ0) is 18.6. The molecule has 0 amide bonds. The number of nitriles is 1. The van der Waals surface area contributed by atoms with Crippen LogP contribution in [0.15, 0.2) is 29.1 Å². The van der Waals surface area contributed by atoms with E-state index in [1.807, 2.05) is 24.3 Å². The fraction of sp³-hybridized carbons (Fsp3) is 0.316. The van der Waals surface area contributed by atoms with Crippen molar-refractivity contribution >= 4 is 17.6 Å². The smallest absolute Gasteiger partial charge is 0.306 e. The highest BCUT2D eigenvalue weighted by Crippen LogP contribution is 2.25. The van der Waals surface area contributed by atoms with E-state index in [2.05, 4.69) is 4.98 Å². The number of carbonyl (C=O) groups excluding carboxylic acids is 1. The maximum absolute atomic E-state index is 12.2. The molecule has 2 rings (SSSR count). The Hall–Kier alpha value is -2.58. The molecule has 0 aliphatic carbocycles. The van der Waals surface area contributed by atoms with Gasteiger partial charge >= 0.3 is 5.97 Å². The van der Waals surface area contributed by atoms with Gasteiger partial charge in [0.15, 0.2) is 0 Å². The van der Waals surface area contributed by atoms with Crippen molar-refractivity contribution < 1.29 is 9.53 Å². The lowest BCUT2D eigenvalue weighted by Gasteiger charge is -2.15. The van der Waals surface area contributed by atoms with Crippen LogP contribution in [0.2, 0.25) is 5.02 Å². The number of carbonyl (C=O) groups is 1. The maximum atomic E-state index is 12.2. The van der Waals surface area contributed by atoms with Crippen LogP contribution in [0.3, 0.4) is 0 Å². The number of H-pyrrole nitrogens is 1. The quantitative estimate of drug-likeness (QED) is 0.825. The van der Waals surface area contributed by atoms with Crippen molar-refractivity contribution in [2.24, 2.45) is 0 Å². The summed E-state index contributed by atoms with van der Waals surface area (Å²) in [6.45, 7) is 5.24. The normalized spacial score (nSPS) is 11.6. The van der Waals surface area contributed by atoms with Gasteiger partial charge in [0, 0.05) is 22.7 Å². The van der Waals surface area contributed by atoms with E-state index in [0.717, 1.165) is 11.1 Å². The summed E-state index contributed by atoms with van der Waals surface area (Å²) in [7, 11) is 0. The lowest BCUT2D eigenvalue weighted by atomic mass is 9.99. The summed E-state index contributed by atoms with van der Waals surface area (Å²) in [5, 5.41) is 9.64. The topological polar surface area (TPSA) is 83.0 Å². The van der Waals surface area contributed by atoms with Gasteiger partial charge in [-0.25, -0.2) is 0 Å². The molecular weight excluding hydrogens is 340 g/mol. The van der Waals surface area contributed by atoms with Crippen LogP contribution in [0.5, 0.6) is 0 Å². The van der Waals surface area contributed by atoms with Crippen molar-refractivity contribution in [1.82, 2.24) is 4.98 Å². The van der Waals surface area contributed by atoms with Crippen LogP contribution < -0.4 is 5.56 Å². The molecular formula is C19H19ClN2O3. The van der Waals surface area contributed by atoms with Gasteiger partial charge in [-0.15, -0.1) is 0 Å². The van der Waals surface area contributed by atoms with Gasteiger partial charge in [-0.05, 0) is 44.4 Å². The Kier molecular flexibility index (Phi) is 6.00. The third kappa shape index (κ3) is 4.28. The molecule has 6 heteroatoms. The van der Waals surface area contributed by atoms with Gasteiger partial charge in [0.05, 0.1) is 0 Å². The first-order chi connectivity index (χ1) is 11.8. The van der Waals surface area contributed by atoms with E-state index in [-0.39, 0.29) is 18.0 Å². The Morgan fingerprint density at radius 2 is 2.04 bits per heavy atom. The third-order valence-electron chi connectivity index (χ3n) is 4.15. The number of pyridine rings is 1. The van der Waals surface area contributed by atoms with Crippen LogP contribution in [0, 0.1) is 25.2 Å². The molecule has 0 saturated heterocycles. The highest BCUT2D eigenvalue weighted by Gasteiger charge is 2.17. The minimum Gasteiger partial charge on any atom is -0.458 e. The minimum atomic E-state index is -0.450. The Balaban J connectivity index is 2.07. The lowest BCUT2D eigenvalue weighted by Crippen LogP contribution is -2.17. The molecule has 0 fully saturated rings. The zero-order valence-corrected chi connectivity index (χ0v) is 15.1. The molecule has 1 heterocycles. The number of aromatic nitrogens is 1. The van der Waals surface area contributed by atoms with Crippen LogP contribution in [0.25, 0.3) is 0 Å². The molecule has 1 aromatic heterocycles. The predicted octanol–water partition coefficient (Wildman–Crippen LogP) is 3.75. The van der Waals surface area contributed by atoms with Crippen LogP contribution >= 0.6 is 11.6 Å². The number of ether oxygens (including phenoxy) is 1. The van der Waals surface area contributed by atoms with Crippen molar-refractivity contribution in [2.45, 2.75) is 39.7 Å². The van der Waals surface area contributed by atoms with Gasteiger partial charge in [-0.3, -0.25) is 9.59 Å². The van der Waals surface area contributed by atoms with Crippen LogP contribution in [-0.2, 0) is 16.0 Å². The van der Waals surface area contributed by atoms with E-state index >= 15 is 0 Å². The highest BCUT2D eigenvalue weighted by atomic mass is 35.5. The van der Waals surface area contributed by atoms with E-state index in [4.69, 9.17) is 21.6 Å². The fourth-order valence-electron chi connectivity index (χ4n) is 2.77. The van der Waals surface area contributed by atoms with Crippen molar-refractivity contribution in [3.63, 3.8) is 0 Å². The first-order valence-electron chi connectivity index (χ1n) is 7.91. The summed E-state index contributed by atoms with van der Waals surface area (Å²) >= 11 is 6.11. The molecule has 0 aliphatic rings. The van der Waals surface area contributed by atoms with Crippen molar-refractivity contribution in [1.29, 1.82) is 5.26 Å². The van der Waals surface area contributed by atoms with Crippen molar-refractivity contribution in [3.8, 4) is 6.07 Å². The maximum Gasteiger partial charge on any atom is 0.306 e. The van der Waals surface area contributed by atoms with E-state index in [9.17, 15) is 9.59 Å². The SMILES string of the molecule is Cc1[nH]c(=O)c(C#N)c(C)c1CCC(=O)O[C@@H](C)c1ccccc1Cl. The molecule has 0 spiro atoms. The summed E-state index contributed by atoms with van der Waals surface area (Å²) in [4.78, 5) is 26.5. The number of hydrogen-bond acceptors (Lipinski definition) is 4. The highest BCUT2D eigenvalue weighted by molar-refractivity contribution is 6.31. The standard InChI is InChI=1S/C19H19ClN2O3/c1-11-14(12(2)22-19(24)16(11)10-21)8-9-18(23)25-13(3)15-6-4-5-7-17(15)20/h4-7,13H,8-9H2,1-3H3,(H,22,24)/t13-/m0/s1. The summed E-state index contributed by atoms with van der Waals surface area (Å²) in [5.74, 6) is -0.365. The largest absolute Gasteiger partial charge is 0.458 e. The molecule has 0 aliphatic heterocycles. The van der Waals surface area contributed by atoms with Crippen LogP contribution in [-0.4, -0.2) is 11.0 Å². The Bertz CT molecular complexity index is 897. The predicted molar refractivity (Wildman–Crippen MR) is 95.5 cm³/mol. The monoisotopic (exact) mass is 358 g/mol. The Labute approximate surface area is 151 Å². The van der Waals surface area contributed by atoms with Gasteiger partial charge < -0.3 is 9.72 Å². The number of nitrogens with one attached hydrogen (secondary N) is 1. The van der Waals surface area contributed by atoms with E-state index in [1.54, 1.807) is 26.8 Å². The molecule has 25 heavy (non-hydrogen) atoms. The second-order valence-electron chi connectivity index (χ2n) is 5.82. The second-order valence-corrected chi connectivity index (χ2v) is 6.23. The second kappa shape index (κ2) is 8.00. The number of nitrogens with zero attached hydrogens (tertiary/aromatic N) is 1. The number of aromatic amines is 1. The number of benzene rings is 1. The van der Waals surface area contributed by atoms with Gasteiger partial charge in [0.25, 0.3) is 5.56 Å². The van der Waals surface area contributed by atoms with E-state index in [0.29, 0.717) is 22.7 Å². The minimum absolute atomic E-state index is 0.0819. The number of rotatable bonds is 5. The number of halogens is 1. The first-order valence-corrected chi connectivity index (χ1v) is 8.29. The molecule has 5 nitrogen and oxygen atoms in total. The zero-order valence-electron chi connectivity index (χ0n) is 14.4. The summed E-state index contributed by atoms with van der Waals surface area (Å²) in [5.41, 5.74) is 2.48. The van der Waals surface area contributed by atoms with E-state index < -0.39 is 11.7 Å². The van der Waals surface area contributed by atoms with Crippen molar-refractivity contribution in [3.05, 3.63) is 67.6 Å². The van der Waals surface area contributed by atoms with Gasteiger partial charge in [-0.2, -0.15) is 5.26 Å². The lowest BCUT2D eigenvalue weighted by molar-refractivity contribution is -0.148. The Morgan fingerprint density at radius 1 is 1.36 bits per heavy atom. The average molecular weight is 359 g/mol. The molecule has 0 bridgehead atoms. The first kappa shape index (κ1) is 18.8. The molecule has 1 aromatic carbocycles. The number of hydrogen-bond donors (Lipinski definition) is 1. The third-order valence-corrected chi connectivity index (χ3v) is 4.49. The molecule has 2 aromatic rings. The average Bonchev–Trinajstić information content (AvgIpc) is 2.55. The van der Waals surface area contributed by atoms with E-state index in [1.165, 1.54) is 0 Å². The van der Waals surface area contributed by atoms with Gasteiger partial charge in [0.1, 0.15) is 17.7 Å². The van der Waals surface area contributed by atoms with Crippen molar-refractivity contribution in [2.75, 3.05) is 0 Å². The summed E-state index contributed by atoms with van der Waals surface area (Å²) in [6, 6.07) is 9.12.